The number of allylic oxidation sites excluding steroid dienone is 4. The molecule has 0 saturated heterocycles. The minimum atomic E-state index is -0.0616. The first kappa shape index (κ1) is 46.4. The van der Waals surface area contributed by atoms with Gasteiger partial charge in [0.2, 0.25) is 0 Å². The van der Waals surface area contributed by atoms with Crippen LogP contribution in [0.15, 0.2) is 24.3 Å². The summed E-state index contributed by atoms with van der Waals surface area (Å²) in [6.07, 6.45) is 45.0. The van der Waals surface area contributed by atoms with Crippen LogP contribution in [-0.4, -0.2) is 50.2 Å². The quantitative estimate of drug-likeness (QED) is 0.0370. The Labute approximate surface area is 299 Å². The lowest BCUT2D eigenvalue weighted by Crippen LogP contribution is -2.23. The van der Waals surface area contributed by atoms with E-state index in [-0.39, 0.29) is 11.9 Å². The number of rotatable bonds is 38. The molecule has 0 aromatic rings. The SMILES string of the molecule is CCCCCCCC/C=C\CCCCCCCC(=O)OCCCN(C)CCCOC(=O)CCCCCCC/C=C\CCCCCCCC. The van der Waals surface area contributed by atoms with Crippen LogP contribution in [0.25, 0.3) is 0 Å². The fourth-order valence-electron chi connectivity index (χ4n) is 5.98. The molecule has 282 valence electrons. The summed E-state index contributed by atoms with van der Waals surface area (Å²) < 4.78 is 10.9. The molecule has 0 unspecified atom stereocenters. The molecule has 0 atom stereocenters. The van der Waals surface area contributed by atoms with Crippen LogP contribution in [0.2, 0.25) is 0 Å². The number of esters is 2. The van der Waals surface area contributed by atoms with Gasteiger partial charge in [-0.3, -0.25) is 9.59 Å². The van der Waals surface area contributed by atoms with Crippen molar-refractivity contribution in [2.45, 2.75) is 206 Å². The van der Waals surface area contributed by atoms with Crippen molar-refractivity contribution in [3.8, 4) is 0 Å². The van der Waals surface area contributed by atoms with Crippen LogP contribution in [0.3, 0.4) is 0 Å². The third kappa shape index (κ3) is 38.8. The van der Waals surface area contributed by atoms with Crippen molar-refractivity contribution >= 4 is 11.9 Å². The second kappa shape index (κ2) is 39.8. The van der Waals surface area contributed by atoms with Gasteiger partial charge in [0, 0.05) is 25.9 Å². The smallest absolute Gasteiger partial charge is 0.305 e. The van der Waals surface area contributed by atoms with Gasteiger partial charge in [-0.1, -0.05) is 141 Å². The monoisotopic (exact) mass is 676 g/mol. The van der Waals surface area contributed by atoms with Crippen molar-refractivity contribution in [3.05, 3.63) is 24.3 Å². The lowest BCUT2D eigenvalue weighted by molar-refractivity contribution is -0.144. The summed E-state index contributed by atoms with van der Waals surface area (Å²) in [7, 11) is 2.07. The van der Waals surface area contributed by atoms with E-state index in [0.29, 0.717) is 26.1 Å². The molecule has 0 aliphatic carbocycles. The summed E-state index contributed by atoms with van der Waals surface area (Å²) >= 11 is 0. The van der Waals surface area contributed by atoms with E-state index >= 15 is 0 Å². The van der Waals surface area contributed by atoms with E-state index in [2.05, 4.69) is 50.1 Å². The van der Waals surface area contributed by atoms with Crippen molar-refractivity contribution in [2.24, 2.45) is 0 Å². The van der Waals surface area contributed by atoms with E-state index < -0.39 is 0 Å². The van der Waals surface area contributed by atoms with E-state index in [0.717, 1.165) is 51.6 Å². The first-order chi connectivity index (χ1) is 23.6. The van der Waals surface area contributed by atoms with Gasteiger partial charge in [0.25, 0.3) is 0 Å². The second-order valence-corrected chi connectivity index (χ2v) is 14.1. The fraction of sp³-hybridized carbons (Fsp3) is 0.860. The van der Waals surface area contributed by atoms with Gasteiger partial charge in [-0.05, 0) is 84.1 Å². The Hall–Kier alpha value is -1.62. The van der Waals surface area contributed by atoms with Gasteiger partial charge in [-0.15, -0.1) is 0 Å². The molecular weight excluding hydrogens is 594 g/mol. The van der Waals surface area contributed by atoms with Gasteiger partial charge in [0.05, 0.1) is 13.2 Å². The Morgan fingerprint density at radius 1 is 0.417 bits per heavy atom. The van der Waals surface area contributed by atoms with Gasteiger partial charge in [-0.2, -0.15) is 0 Å². The first-order valence-electron chi connectivity index (χ1n) is 20.9. The molecule has 0 fully saturated rings. The number of hydrogen-bond donors (Lipinski definition) is 0. The normalized spacial score (nSPS) is 11.8. The molecule has 0 spiro atoms. The van der Waals surface area contributed by atoms with Gasteiger partial charge >= 0.3 is 11.9 Å². The molecule has 0 rings (SSSR count). The van der Waals surface area contributed by atoms with E-state index in [1.165, 1.54) is 141 Å². The highest BCUT2D eigenvalue weighted by atomic mass is 16.5. The second-order valence-electron chi connectivity index (χ2n) is 14.1. The molecule has 5 heteroatoms. The van der Waals surface area contributed by atoms with Crippen LogP contribution < -0.4 is 0 Å². The third-order valence-electron chi connectivity index (χ3n) is 9.18. The van der Waals surface area contributed by atoms with Crippen molar-refractivity contribution in [1.82, 2.24) is 4.90 Å². The standard InChI is InChI=1S/C43H81NO4/c1-4-6-8-10-12-14-16-18-20-22-24-26-28-30-32-36-42(45)47-40-34-38-44(3)39-35-41-48-43(46)37-33-31-29-27-25-23-21-19-17-15-13-11-9-7-5-2/h18-21H,4-17,22-41H2,1-3H3/b20-18-,21-19-. The number of carbonyl (C=O) groups is 2. The molecule has 0 aromatic carbocycles. The topological polar surface area (TPSA) is 55.8 Å². The zero-order valence-electron chi connectivity index (χ0n) is 32.4. The molecule has 0 heterocycles. The number of unbranched alkanes of at least 4 members (excludes halogenated alkanes) is 22. The average Bonchev–Trinajstić information content (AvgIpc) is 3.08. The summed E-state index contributed by atoms with van der Waals surface area (Å²) in [6.45, 7) is 7.27. The predicted octanol–water partition coefficient (Wildman–Crippen LogP) is 12.9. The van der Waals surface area contributed by atoms with Gasteiger partial charge in [0.1, 0.15) is 0 Å². The molecule has 0 aromatic heterocycles. The van der Waals surface area contributed by atoms with Crippen molar-refractivity contribution in [3.63, 3.8) is 0 Å². The lowest BCUT2D eigenvalue weighted by atomic mass is 10.1. The minimum Gasteiger partial charge on any atom is -0.466 e. The maximum atomic E-state index is 12.0. The first-order valence-corrected chi connectivity index (χ1v) is 20.9. The summed E-state index contributed by atoms with van der Waals surface area (Å²) in [5.41, 5.74) is 0. The fourth-order valence-corrected chi connectivity index (χ4v) is 5.98. The van der Waals surface area contributed by atoms with Crippen LogP contribution in [0, 0.1) is 0 Å². The molecule has 0 N–H and O–H groups in total. The Balaban J connectivity index is 3.41. The summed E-state index contributed by atoms with van der Waals surface area (Å²) in [5, 5.41) is 0. The molecule has 0 aliphatic rings. The highest BCUT2D eigenvalue weighted by molar-refractivity contribution is 5.69. The number of carbonyl (C=O) groups excluding carboxylic acids is 2. The highest BCUT2D eigenvalue weighted by Crippen LogP contribution is 2.12. The van der Waals surface area contributed by atoms with Crippen LogP contribution in [0.4, 0.5) is 0 Å². The van der Waals surface area contributed by atoms with E-state index in [4.69, 9.17) is 9.47 Å². The summed E-state index contributed by atoms with van der Waals surface area (Å²) in [5.74, 6) is -0.123. The van der Waals surface area contributed by atoms with Gasteiger partial charge in [0.15, 0.2) is 0 Å². The number of hydrogen-bond acceptors (Lipinski definition) is 5. The molecule has 0 saturated carbocycles. The van der Waals surface area contributed by atoms with Crippen LogP contribution in [0.1, 0.15) is 206 Å². The summed E-state index contributed by atoms with van der Waals surface area (Å²) in [4.78, 5) is 26.3. The zero-order valence-corrected chi connectivity index (χ0v) is 32.4. The number of nitrogens with zero attached hydrogens (tertiary/aromatic N) is 1. The van der Waals surface area contributed by atoms with Crippen LogP contribution in [0.5, 0.6) is 0 Å². The van der Waals surface area contributed by atoms with E-state index in [9.17, 15) is 9.59 Å². The Morgan fingerprint density at radius 2 is 0.708 bits per heavy atom. The third-order valence-corrected chi connectivity index (χ3v) is 9.18. The molecule has 5 nitrogen and oxygen atoms in total. The Bertz CT molecular complexity index is 674. The minimum absolute atomic E-state index is 0.0616. The largest absolute Gasteiger partial charge is 0.466 e. The molecule has 0 radical (unpaired) electrons. The molecule has 0 amide bonds. The Morgan fingerprint density at radius 3 is 1.04 bits per heavy atom. The van der Waals surface area contributed by atoms with Crippen LogP contribution >= 0.6 is 0 Å². The zero-order chi connectivity index (χ0) is 35.0. The van der Waals surface area contributed by atoms with E-state index in [1.54, 1.807) is 0 Å². The van der Waals surface area contributed by atoms with Gasteiger partial charge < -0.3 is 14.4 Å². The molecule has 48 heavy (non-hydrogen) atoms. The van der Waals surface area contributed by atoms with Crippen molar-refractivity contribution < 1.29 is 19.1 Å². The molecular formula is C43H81NO4. The molecule has 0 aliphatic heterocycles. The van der Waals surface area contributed by atoms with Crippen molar-refractivity contribution in [2.75, 3.05) is 33.4 Å². The van der Waals surface area contributed by atoms with Gasteiger partial charge in [-0.25, -0.2) is 0 Å². The Kier molecular flexibility index (Phi) is 38.5. The van der Waals surface area contributed by atoms with Crippen LogP contribution in [-0.2, 0) is 19.1 Å². The lowest BCUT2D eigenvalue weighted by Gasteiger charge is -2.16. The maximum Gasteiger partial charge on any atom is 0.305 e. The van der Waals surface area contributed by atoms with E-state index in [1.807, 2.05) is 0 Å². The number of ether oxygens (including phenoxy) is 2. The van der Waals surface area contributed by atoms with Crippen molar-refractivity contribution in [1.29, 1.82) is 0 Å². The maximum absolute atomic E-state index is 12.0. The summed E-state index contributed by atoms with van der Waals surface area (Å²) in [6, 6.07) is 0. The average molecular weight is 676 g/mol. The predicted molar refractivity (Wildman–Crippen MR) is 208 cm³/mol. The highest BCUT2D eigenvalue weighted by Gasteiger charge is 2.06. The molecule has 0 bridgehead atoms.